The molecule has 158 valence electrons. The molecule has 0 bridgehead atoms. The van der Waals surface area contributed by atoms with E-state index in [1.807, 2.05) is 6.92 Å². The highest BCUT2D eigenvalue weighted by atomic mass is 32.2. The van der Waals surface area contributed by atoms with Gasteiger partial charge in [0.05, 0.1) is 23.9 Å². The van der Waals surface area contributed by atoms with Gasteiger partial charge >= 0.3 is 0 Å². The number of rotatable bonds is 6. The molecular weight excluding hydrogens is 388 g/mol. The summed E-state index contributed by atoms with van der Waals surface area (Å²) in [6.45, 7) is 4.02. The van der Waals surface area contributed by atoms with Crippen molar-refractivity contribution in [3.05, 3.63) is 53.6 Å². The number of methoxy groups -OCH3 is 1. The minimum atomic E-state index is -3.60. The van der Waals surface area contributed by atoms with Crippen LogP contribution < -0.4 is 4.74 Å². The maximum Gasteiger partial charge on any atom is 0.179 e. The third-order valence-corrected chi connectivity index (χ3v) is 8.29. The number of ether oxygens (including phenoxy) is 1. The molecule has 5 nitrogen and oxygen atoms in total. The Kier molecular flexibility index (Phi) is 6.24. The first-order chi connectivity index (χ1) is 13.8. The summed E-state index contributed by atoms with van der Waals surface area (Å²) in [4.78, 5) is 0.252. The van der Waals surface area contributed by atoms with Gasteiger partial charge < -0.3 is 14.9 Å². The molecule has 0 spiro atoms. The van der Waals surface area contributed by atoms with Crippen molar-refractivity contribution in [1.29, 1.82) is 0 Å². The SMILES string of the molecule is CCCC[C@]1(CC)CS(=O)(=O)c2ccc(OC)cc2[C@H](c2ccc(O)cc2)[C@@H]1O. The van der Waals surface area contributed by atoms with Gasteiger partial charge in [-0.1, -0.05) is 38.8 Å². The summed E-state index contributed by atoms with van der Waals surface area (Å²) in [7, 11) is -2.06. The highest BCUT2D eigenvalue weighted by Crippen LogP contribution is 2.49. The standard InChI is InChI=1S/C23H30O5S/c1-4-6-13-23(5-2)15-29(26,27)20-12-11-18(28-3)14-19(20)21(22(23)25)16-7-9-17(24)10-8-16/h7-12,14,21-22,24-25H,4-6,13,15H2,1-3H3/t21-,22-,23+/m0/s1. The Morgan fingerprint density at radius 1 is 1.14 bits per heavy atom. The zero-order valence-corrected chi connectivity index (χ0v) is 18.1. The highest BCUT2D eigenvalue weighted by molar-refractivity contribution is 7.91. The third-order valence-electron chi connectivity index (χ3n) is 6.29. The summed E-state index contributed by atoms with van der Waals surface area (Å²) in [6, 6.07) is 11.6. The number of hydrogen-bond acceptors (Lipinski definition) is 5. The van der Waals surface area contributed by atoms with Gasteiger partial charge in [-0.05, 0) is 54.3 Å². The van der Waals surface area contributed by atoms with Crippen LogP contribution in [0.1, 0.15) is 56.6 Å². The molecule has 0 amide bonds. The van der Waals surface area contributed by atoms with Crippen LogP contribution in [0.3, 0.4) is 0 Å². The molecule has 0 aromatic heterocycles. The molecule has 0 saturated heterocycles. The second-order valence-electron chi connectivity index (χ2n) is 8.00. The van der Waals surface area contributed by atoms with Crippen molar-refractivity contribution in [2.24, 2.45) is 5.41 Å². The van der Waals surface area contributed by atoms with Gasteiger partial charge in [-0.15, -0.1) is 0 Å². The first kappa shape index (κ1) is 21.7. The summed E-state index contributed by atoms with van der Waals surface area (Å²) >= 11 is 0. The van der Waals surface area contributed by atoms with Gasteiger partial charge in [0.25, 0.3) is 0 Å². The molecule has 0 fully saturated rings. The molecule has 1 aliphatic rings. The predicted octanol–water partition coefficient (Wildman–Crippen LogP) is 4.27. The normalized spacial score (nSPS) is 25.8. The van der Waals surface area contributed by atoms with Crippen LogP contribution in [0.5, 0.6) is 11.5 Å². The molecule has 0 radical (unpaired) electrons. The van der Waals surface area contributed by atoms with E-state index < -0.39 is 27.3 Å². The molecule has 0 aliphatic carbocycles. The van der Waals surface area contributed by atoms with Crippen LogP contribution in [0.15, 0.2) is 47.4 Å². The lowest BCUT2D eigenvalue weighted by Crippen LogP contribution is -2.42. The maximum absolute atomic E-state index is 13.4. The Balaban J connectivity index is 2.29. The number of unbranched alkanes of at least 4 members (excludes halogenated alkanes) is 1. The molecule has 0 unspecified atom stereocenters. The van der Waals surface area contributed by atoms with Crippen molar-refractivity contribution in [1.82, 2.24) is 0 Å². The van der Waals surface area contributed by atoms with Crippen LogP contribution in [0.2, 0.25) is 0 Å². The number of aromatic hydroxyl groups is 1. The second-order valence-corrected chi connectivity index (χ2v) is 9.95. The molecular formula is C23H30O5S. The number of hydrogen-bond donors (Lipinski definition) is 2. The van der Waals surface area contributed by atoms with Crippen LogP contribution >= 0.6 is 0 Å². The Morgan fingerprint density at radius 3 is 2.41 bits per heavy atom. The van der Waals surface area contributed by atoms with Crippen molar-refractivity contribution in [3.63, 3.8) is 0 Å². The molecule has 3 rings (SSSR count). The van der Waals surface area contributed by atoms with Crippen LogP contribution in [0.25, 0.3) is 0 Å². The van der Waals surface area contributed by atoms with Gasteiger partial charge in [-0.3, -0.25) is 0 Å². The number of sulfone groups is 1. The average molecular weight is 419 g/mol. The summed E-state index contributed by atoms with van der Waals surface area (Å²) in [5.74, 6) is 0.0660. The third kappa shape index (κ3) is 4.01. The van der Waals surface area contributed by atoms with E-state index in [1.54, 1.807) is 42.5 Å². The Hall–Kier alpha value is -2.05. The Bertz CT molecular complexity index is 952. The minimum Gasteiger partial charge on any atom is -0.508 e. The van der Waals surface area contributed by atoms with E-state index >= 15 is 0 Å². The maximum atomic E-state index is 13.4. The smallest absolute Gasteiger partial charge is 0.179 e. The van der Waals surface area contributed by atoms with Crippen molar-refractivity contribution < 1.29 is 23.4 Å². The number of aliphatic hydroxyl groups is 1. The number of phenols is 1. The molecule has 2 N–H and O–H groups in total. The lowest BCUT2D eigenvalue weighted by Gasteiger charge is -2.39. The van der Waals surface area contributed by atoms with Crippen molar-refractivity contribution in [2.45, 2.75) is 56.4 Å². The fourth-order valence-electron chi connectivity index (χ4n) is 4.53. The van der Waals surface area contributed by atoms with Gasteiger partial charge in [-0.2, -0.15) is 0 Å². The molecule has 1 aliphatic heterocycles. The molecule has 0 saturated carbocycles. The van der Waals surface area contributed by atoms with E-state index in [9.17, 15) is 18.6 Å². The summed E-state index contributed by atoms with van der Waals surface area (Å²) in [5.41, 5.74) is 0.578. The van der Waals surface area contributed by atoms with Crippen molar-refractivity contribution >= 4 is 9.84 Å². The predicted molar refractivity (Wildman–Crippen MR) is 113 cm³/mol. The van der Waals surface area contributed by atoms with Gasteiger partial charge in [0, 0.05) is 11.3 Å². The van der Waals surface area contributed by atoms with Crippen LogP contribution in [-0.2, 0) is 9.84 Å². The summed E-state index contributed by atoms with van der Waals surface area (Å²) < 4.78 is 32.2. The molecule has 6 heteroatoms. The number of benzene rings is 2. The van der Waals surface area contributed by atoms with E-state index in [1.165, 1.54) is 7.11 Å². The number of fused-ring (bicyclic) bond motifs is 1. The fourth-order valence-corrected chi connectivity index (χ4v) is 6.78. The monoisotopic (exact) mass is 418 g/mol. The van der Waals surface area contributed by atoms with Crippen LogP contribution in [0, 0.1) is 5.41 Å². The number of aliphatic hydroxyl groups excluding tert-OH is 1. The largest absolute Gasteiger partial charge is 0.508 e. The lowest BCUT2D eigenvalue weighted by atomic mass is 9.69. The Morgan fingerprint density at radius 2 is 1.83 bits per heavy atom. The zero-order chi connectivity index (χ0) is 21.2. The molecule has 2 aromatic rings. The average Bonchev–Trinajstić information content (AvgIpc) is 2.78. The summed E-state index contributed by atoms with van der Waals surface area (Å²) in [6.07, 6.45) is 2.10. The van der Waals surface area contributed by atoms with E-state index in [-0.39, 0.29) is 16.4 Å². The first-order valence-corrected chi connectivity index (χ1v) is 11.8. The lowest BCUT2D eigenvalue weighted by molar-refractivity contribution is 0.0173. The first-order valence-electron chi connectivity index (χ1n) is 10.2. The van der Waals surface area contributed by atoms with Gasteiger partial charge in [0.15, 0.2) is 9.84 Å². The highest BCUT2D eigenvalue weighted by Gasteiger charge is 2.48. The van der Waals surface area contributed by atoms with Crippen LogP contribution in [0.4, 0.5) is 0 Å². The van der Waals surface area contributed by atoms with Gasteiger partial charge in [0.1, 0.15) is 11.5 Å². The topological polar surface area (TPSA) is 83.8 Å². The molecule has 2 aromatic carbocycles. The summed E-state index contributed by atoms with van der Waals surface area (Å²) in [5, 5.41) is 21.4. The van der Waals surface area contributed by atoms with Crippen molar-refractivity contribution in [2.75, 3.05) is 12.9 Å². The van der Waals surface area contributed by atoms with E-state index in [2.05, 4.69) is 6.92 Å². The Labute approximate surface area is 173 Å². The molecule has 3 atom stereocenters. The fraction of sp³-hybridized carbons (Fsp3) is 0.478. The van der Waals surface area contributed by atoms with Gasteiger partial charge in [-0.25, -0.2) is 8.42 Å². The van der Waals surface area contributed by atoms with Crippen molar-refractivity contribution in [3.8, 4) is 11.5 Å². The molecule has 1 heterocycles. The molecule has 29 heavy (non-hydrogen) atoms. The van der Waals surface area contributed by atoms with E-state index in [4.69, 9.17) is 4.74 Å². The number of phenolic OH excluding ortho intramolecular Hbond substituents is 1. The zero-order valence-electron chi connectivity index (χ0n) is 17.3. The van der Waals surface area contributed by atoms with E-state index in [0.29, 0.717) is 24.2 Å². The minimum absolute atomic E-state index is 0.0778. The van der Waals surface area contributed by atoms with E-state index in [0.717, 1.165) is 18.4 Å². The van der Waals surface area contributed by atoms with Gasteiger partial charge in [0.2, 0.25) is 0 Å². The van der Waals surface area contributed by atoms with Crippen LogP contribution in [-0.4, -0.2) is 37.6 Å². The quantitative estimate of drug-likeness (QED) is 0.732. The second kappa shape index (κ2) is 8.36.